The molecule has 1 N–H and O–H groups in total. The minimum absolute atomic E-state index is 0.152. The SMILES string of the molecule is Cc1onc(C(=O)Nc2cccc(Cn3cccn3)c2)c1COc1ccc(Cl)cc1. The molecule has 0 saturated carbocycles. The summed E-state index contributed by atoms with van der Waals surface area (Å²) in [5.74, 6) is 0.803. The molecule has 0 saturated heterocycles. The van der Waals surface area contributed by atoms with E-state index in [4.69, 9.17) is 20.9 Å². The zero-order valence-electron chi connectivity index (χ0n) is 16.2. The number of aromatic nitrogens is 3. The average molecular weight is 423 g/mol. The fraction of sp³-hybridized carbons (Fsp3) is 0.136. The topological polar surface area (TPSA) is 82.2 Å². The number of carbonyl (C=O) groups excluding carboxylic acids is 1. The lowest BCUT2D eigenvalue weighted by Crippen LogP contribution is -2.15. The van der Waals surface area contributed by atoms with Crippen molar-refractivity contribution in [2.24, 2.45) is 0 Å². The molecule has 0 atom stereocenters. The largest absolute Gasteiger partial charge is 0.489 e. The van der Waals surface area contributed by atoms with E-state index in [9.17, 15) is 4.79 Å². The highest BCUT2D eigenvalue weighted by atomic mass is 35.5. The first-order chi connectivity index (χ1) is 14.6. The molecule has 0 bridgehead atoms. The predicted molar refractivity (Wildman–Crippen MR) is 113 cm³/mol. The maximum Gasteiger partial charge on any atom is 0.278 e. The van der Waals surface area contributed by atoms with Crippen LogP contribution in [0, 0.1) is 6.92 Å². The highest BCUT2D eigenvalue weighted by Crippen LogP contribution is 2.21. The summed E-state index contributed by atoms with van der Waals surface area (Å²) < 4.78 is 12.8. The van der Waals surface area contributed by atoms with Crippen LogP contribution in [0.15, 0.2) is 71.5 Å². The van der Waals surface area contributed by atoms with Crippen molar-refractivity contribution in [1.82, 2.24) is 14.9 Å². The van der Waals surface area contributed by atoms with Gasteiger partial charge in [0.15, 0.2) is 5.69 Å². The van der Waals surface area contributed by atoms with Gasteiger partial charge in [0, 0.05) is 23.1 Å². The first kappa shape index (κ1) is 19.7. The molecule has 1 amide bonds. The predicted octanol–water partition coefficient (Wildman–Crippen LogP) is 4.71. The summed E-state index contributed by atoms with van der Waals surface area (Å²) in [6, 6.07) is 16.4. The van der Waals surface area contributed by atoms with E-state index >= 15 is 0 Å². The Kier molecular flexibility index (Phi) is 5.81. The van der Waals surface area contributed by atoms with E-state index in [1.807, 2.05) is 41.2 Å². The first-order valence-electron chi connectivity index (χ1n) is 9.30. The maximum absolute atomic E-state index is 12.8. The molecular formula is C22H19ClN4O3. The Morgan fingerprint density at radius 2 is 2.03 bits per heavy atom. The van der Waals surface area contributed by atoms with Gasteiger partial charge in [-0.1, -0.05) is 28.9 Å². The van der Waals surface area contributed by atoms with Crippen LogP contribution >= 0.6 is 11.6 Å². The molecule has 2 aromatic heterocycles. The minimum atomic E-state index is -0.363. The van der Waals surface area contributed by atoms with Crippen molar-refractivity contribution < 1.29 is 14.1 Å². The molecule has 30 heavy (non-hydrogen) atoms. The van der Waals surface area contributed by atoms with Crippen molar-refractivity contribution in [3.63, 3.8) is 0 Å². The Balaban J connectivity index is 1.45. The third-order valence-electron chi connectivity index (χ3n) is 4.49. The average Bonchev–Trinajstić information content (AvgIpc) is 3.37. The highest BCUT2D eigenvalue weighted by Gasteiger charge is 2.20. The van der Waals surface area contributed by atoms with Crippen LogP contribution < -0.4 is 10.1 Å². The number of carbonyl (C=O) groups is 1. The van der Waals surface area contributed by atoms with Gasteiger partial charge in [0.1, 0.15) is 18.1 Å². The molecule has 0 spiro atoms. The lowest BCUT2D eigenvalue weighted by Gasteiger charge is -2.09. The normalized spacial score (nSPS) is 10.7. The maximum atomic E-state index is 12.8. The molecule has 2 aromatic carbocycles. The van der Waals surface area contributed by atoms with Gasteiger partial charge in [-0.05, 0) is 55.0 Å². The molecule has 0 radical (unpaired) electrons. The van der Waals surface area contributed by atoms with Crippen LogP contribution in [-0.2, 0) is 13.2 Å². The molecule has 0 fully saturated rings. The quantitative estimate of drug-likeness (QED) is 0.466. The van der Waals surface area contributed by atoms with Gasteiger partial charge in [-0.15, -0.1) is 0 Å². The Labute approximate surface area is 178 Å². The van der Waals surface area contributed by atoms with Crippen LogP contribution in [0.25, 0.3) is 0 Å². The van der Waals surface area contributed by atoms with Gasteiger partial charge in [0.05, 0.1) is 12.1 Å². The number of nitrogens with zero attached hydrogens (tertiary/aromatic N) is 3. The van der Waals surface area contributed by atoms with Crippen LogP contribution in [-0.4, -0.2) is 20.8 Å². The summed E-state index contributed by atoms with van der Waals surface area (Å²) in [6.07, 6.45) is 3.61. The van der Waals surface area contributed by atoms with Crippen molar-refractivity contribution in [1.29, 1.82) is 0 Å². The number of hydrogen-bond acceptors (Lipinski definition) is 5. The molecule has 0 aliphatic carbocycles. The van der Waals surface area contributed by atoms with Gasteiger partial charge in [0.25, 0.3) is 5.91 Å². The monoisotopic (exact) mass is 422 g/mol. The second-order valence-corrected chi connectivity index (χ2v) is 7.10. The van der Waals surface area contributed by atoms with E-state index in [1.54, 1.807) is 37.4 Å². The zero-order chi connectivity index (χ0) is 20.9. The van der Waals surface area contributed by atoms with Gasteiger partial charge < -0.3 is 14.6 Å². The molecule has 4 rings (SSSR count). The Morgan fingerprint density at radius 3 is 2.80 bits per heavy atom. The number of amides is 1. The summed E-state index contributed by atoms with van der Waals surface area (Å²) in [5, 5.41) is 11.6. The van der Waals surface area contributed by atoms with Crippen LogP contribution in [0.2, 0.25) is 5.02 Å². The second kappa shape index (κ2) is 8.84. The summed E-state index contributed by atoms with van der Waals surface area (Å²) in [6.45, 7) is 2.51. The van der Waals surface area contributed by atoms with Crippen molar-refractivity contribution >= 4 is 23.2 Å². The Morgan fingerprint density at radius 1 is 1.20 bits per heavy atom. The highest BCUT2D eigenvalue weighted by molar-refractivity contribution is 6.30. The molecule has 8 heteroatoms. The van der Waals surface area contributed by atoms with Crippen LogP contribution in [0.1, 0.15) is 27.4 Å². The summed E-state index contributed by atoms with van der Waals surface area (Å²) in [7, 11) is 0. The molecule has 4 aromatic rings. The Hall–Kier alpha value is -3.58. The Bertz CT molecular complexity index is 1140. The van der Waals surface area contributed by atoms with E-state index in [0.717, 1.165) is 5.56 Å². The van der Waals surface area contributed by atoms with E-state index in [-0.39, 0.29) is 18.2 Å². The molecular weight excluding hydrogens is 404 g/mol. The van der Waals surface area contributed by atoms with Gasteiger partial charge in [-0.2, -0.15) is 5.10 Å². The van der Waals surface area contributed by atoms with E-state index in [2.05, 4.69) is 15.6 Å². The van der Waals surface area contributed by atoms with Gasteiger partial charge >= 0.3 is 0 Å². The van der Waals surface area contributed by atoms with Crippen LogP contribution in [0.3, 0.4) is 0 Å². The number of anilines is 1. The van der Waals surface area contributed by atoms with Crippen LogP contribution in [0.4, 0.5) is 5.69 Å². The third kappa shape index (κ3) is 4.69. The minimum Gasteiger partial charge on any atom is -0.489 e. The third-order valence-corrected chi connectivity index (χ3v) is 4.74. The van der Waals surface area contributed by atoms with E-state index in [0.29, 0.717) is 34.3 Å². The number of halogens is 1. The van der Waals surface area contributed by atoms with Gasteiger partial charge in [-0.25, -0.2) is 0 Å². The van der Waals surface area contributed by atoms with Gasteiger partial charge in [0.2, 0.25) is 0 Å². The van der Waals surface area contributed by atoms with Crippen LogP contribution in [0.5, 0.6) is 5.75 Å². The lowest BCUT2D eigenvalue weighted by atomic mass is 10.1. The molecule has 2 heterocycles. The first-order valence-corrected chi connectivity index (χ1v) is 9.67. The van der Waals surface area contributed by atoms with Crippen molar-refractivity contribution in [3.8, 4) is 5.75 Å². The van der Waals surface area contributed by atoms with Gasteiger partial charge in [-0.3, -0.25) is 9.48 Å². The number of nitrogens with one attached hydrogen (secondary N) is 1. The van der Waals surface area contributed by atoms with E-state index in [1.165, 1.54) is 0 Å². The number of rotatable bonds is 7. The van der Waals surface area contributed by atoms with E-state index < -0.39 is 0 Å². The number of ether oxygens (including phenoxy) is 1. The molecule has 0 aliphatic rings. The summed E-state index contributed by atoms with van der Waals surface area (Å²) in [5.41, 5.74) is 2.46. The summed E-state index contributed by atoms with van der Waals surface area (Å²) >= 11 is 5.89. The zero-order valence-corrected chi connectivity index (χ0v) is 17.0. The lowest BCUT2D eigenvalue weighted by molar-refractivity contribution is 0.101. The second-order valence-electron chi connectivity index (χ2n) is 6.67. The number of hydrogen-bond donors (Lipinski definition) is 1. The fourth-order valence-corrected chi connectivity index (χ4v) is 3.07. The standard InChI is InChI=1S/C22H19ClN4O3/c1-15-20(14-29-19-8-6-17(23)7-9-19)21(26-30-15)22(28)25-18-5-2-4-16(12-18)13-27-11-3-10-24-27/h2-12H,13-14H2,1H3,(H,25,28). The molecule has 0 unspecified atom stereocenters. The molecule has 0 aliphatic heterocycles. The van der Waals surface area contributed by atoms with Crippen molar-refractivity contribution in [2.45, 2.75) is 20.1 Å². The molecule has 7 nitrogen and oxygen atoms in total. The fourth-order valence-electron chi connectivity index (χ4n) is 2.94. The molecule has 152 valence electrons. The number of aryl methyl sites for hydroxylation is 1. The van der Waals surface area contributed by atoms with Crippen molar-refractivity contribution in [3.05, 3.63) is 94.6 Å². The van der Waals surface area contributed by atoms with Crippen molar-refractivity contribution in [2.75, 3.05) is 5.32 Å². The summed E-state index contributed by atoms with van der Waals surface area (Å²) in [4.78, 5) is 12.8. The number of benzene rings is 2. The smallest absolute Gasteiger partial charge is 0.278 e.